The second kappa shape index (κ2) is 7.11. The van der Waals surface area contributed by atoms with Crippen LogP contribution in [0.2, 0.25) is 0 Å². The predicted molar refractivity (Wildman–Crippen MR) is 98.4 cm³/mol. The molecule has 146 valence electrons. The molecule has 0 bridgehead atoms. The minimum absolute atomic E-state index is 0.0300. The van der Waals surface area contributed by atoms with Crippen LogP contribution in [0.25, 0.3) is 5.82 Å². The molecule has 11 nitrogen and oxygen atoms in total. The molecule has 1 saturated heterocycles. The third-order valence-electron chi connectivity index (χ3n) is 4.54. The number of hydrogen-bond acceptors (Lipinski definition) is 8. The van der Waals surface area contributed by atoms with E-state index in [0.29, 0.717) is 17.9 Å². The molecule has 1 N–H and O–H groups in total. The van der Waals surface area contributed by atoms with E-state index in [0.717, 1.165) is 5.01 Å². The molecule has 0 aliphatic carbocycles. The highest BCUT2D eigenvalue weighted by atomic mass is 32.2. The van der Waals surface area contributed by atoms with Gasteiger partial charge in [-0.2, -0.15) is 10.2 Å². The number of anilines is 1. The zero-order valence-corrected chi connectivity index (χ0v) is 15.5. The summed E-state index contributed by atoms with van der Waals surface area (Å²) in [4.78, 5) is 32.7. The van der Waals surface area contributed by atoms with Crippen molar-refractivity contribution in [1.29, 1.82) is 0 Å². The van der Waals surface area contributed by atoms with Crippen LogP contribution in [0, 0.1) is 0 Å². The van der Waals surface area contributed by atoms with Crippen molar-refractivity contribution < 1.29 is 18.0 Å². The first kappa shape index (κ1) is 18.2. The highest BCUT2D eigenvalue weighted by Gasteiger charge is 2.37. The molecule has 4 heterocycles. The number of aromatic nitrogens is 4. The van der Waals surface area contributed by atoms with Crippen LogP contribution in [0.4, 0.5) is 5.69 Å². The zero-order chi connectivity index (χ0) is 19.7. The van der Waals surface area contributed by atoms with E-state index in [2.05, 4.69) is 25.5 Å². The van der Waals surface area contributed by atoms with Crippen molar-refractivity contribution in [3.63, 3.8) is 0 Å². The molecule has 0 saturated carbocycles. The molecular weight excluding hydrogens is 386 g/mol. The van der Waals surface area contributed by atoms with E-state index in [4.69, 9.17) is 0 Å². The first-order chi connectivity index (χ1) is 13.4. The zero-order valence-electron chi connectivity index (χ0n) is 14.7. The Hall–Kier alpha value is -3.15. The van der Waals surface area contributed by atoms with Gasteiger partial charge in [0.05, 0.1) is 29.4 Å². The fourth-order valence-electron chi connectivity index (χ4n) is 3.11. The quantitative estimate of drug-likeness (QED) is 0.743. The maximum absolute atomic E-state index is 12.5. The van der Waals surface area contributed by atoms with Gasteiger partial charge in [0.2, 0.25) is 5.91 Å². The van der Waals surface area contributed by atoms with Crippen LogP contribution in [0.5, 0.6) is 0 Å². The van der Waals surface area contributed by atoms with Crippen molar-refractivity contribution in [2.75, 3.05) is 16.8 Å². The lowest BCUT2D eigenvalue weighted by molar-refractivity contribution is -0.133. The Morgan fingerprint density at radius 1 is 1.25 bits per heavy atom. The highest BCUT2D eigenvalue weighted by molar-refractivity contribution is 7.91. The van der Waals surface area contributed by atoms with Gasteiger partial charge < -0.3 is 5.32 Å². The summed E-state index contributed by atoms with van der Waals surface area (Å²) in [5.41, 5.74) is 0.646. The minimum atomic E-state index is -3.16. The maximum atomic E-state index is 12.5. The summed E-state index contributed by atoms with van der Waals surface area (Å²) >= 11 is 0. The summed E-state index contributed by atoms with van der Waals surface area (Å²) in [6.07, 6.45) is 5.02. The van der Waals surface area contributed by atoms with Gasteiger partial charge in [0.25, 0.3) is 5.91 Å². The molecule has 0 aromatic carbocycles. The first-order valence-electron chi connectivity index (χ1n) is 8.64. The number of rotatable bonds is 4. The van der Waals surface area contributed by atoms with Gasteiger partial charge in [-0.3, -0.25) is 9.59 Å². The van der Waals surface area contributed by atoms with E-state index in [9.17, 15) is 18.0 Å². The Morgan fingerprint density at radius 2 is 2.11 bits per heavy atom. The number of carbonyl (C=O) groups is 2. The van der Waals surface area contributed by atoms with Gasteiger partial charge in [0, 0.05) is 12.8 Å². The summed E-state index contributed by atoms with van der Waals surface area (Å²) in [5.74, 6) is -0.261. The highest BCUT2D eigenvalue weighted by Crippen LogP contribution is 2.22. The normalized spacial score (nSPS) is 21.4. The molecule has 4 rings (SSSR count). The van der Waals surface area contributed by atoms with Crippen molar-refractivity contribution in [2.24, 2.45) is 5.10 Å². The number of hydrogen-bond donors (Lipinski definition) is 1. The molecule has 1 unspecified atom stereocenters. The molecule has 1 atom stereocenters. The maximum Gasteiger partial charge on any atom is 0.271 e. The SMILES string of the molecule is O=C(Nc1ccc(-n2cncn2)nc1)C1=NN(C2CCS(=O)(=O)C2)C(=O)CC1. The fraction of sp³-hybridized carbons (Fsp3) is 0.375. The topological polar surface area (TPSA) is 140 Å². The summed E-state index contributed by atoms with van der Waals surface area (Å²) < 4.78 is 24.8. The summed E-state index contributed by atoms with van der Waals surface area (Å²) in [6.45, 7) is 0. The van der Waals surface area contributed by atoms with Gasteiger partial charge in [0.15, 0.2) is 15.7 Å². The van der Waals surface area contributed by atoms with Crippen molar-refractivity contribution in [3.8, 4) is 5.82 Å². The molecule has 2 aliphatic rings. The molecule has 2 aliphatic heterocycles. The largest absolute Gasteiger partial charge is 0.319 e. The van der Waals surface area contributed by atoms with Gasteiger partial charge in [-0.05, 0) is 18.6 Å². The summed E-state index contributed by atoms with van der Waals surface area (Å²) in [7, 11) is -3.16. The van der Waals surface area contributed by atoms with E-state index in [-0.39, 0.29) is 36.0 Å². The van der Waals surface area contributed by atoms with Crippen LogP contribution in [0.15, 0.2) is 36.1 Å². The lowest BCUT2D eigenvalue weighted by Gasteiger charge is -2.27. The molecule has 0 radical (unpaired) electrons. The van der Waals surface area contributed by atoms with E-state index in [1.54, 1.807) is 12.1 Å². The molecule has 2 aromatic heterocycles. The summed E-state index contributed by atoms with van der Waals surface area (Å²) in [6, 6.07) is 2.83. The Bertz CT molecular complexity index is 1030. The standard InChI is InChI=1S/C16H17N7O4S/c24-15-4-2-13(21-23(15)12-5-6-28(26,27)8-12)16(25)20-11-1-3-14(18-7-11)22-10-17-9-19-22/h1,3,7,9-10,12H,2,4-6,8H2,(H,20,25). The Morgan fingerprint density at radius 3 is 2.75 bits per heavy atom. The average Bonchev–Trinajstić information content (AvgIpc) is 3.32. The lowest BCUT2D eigenvalue weighted by atomic mass is 10.1. The molecule has 28 heavy (non-hydrogen) atoms. The van der Waals surface area contributed by atoms with Crippen molar-refractivity contribution in [1.82, 2.24) is 24.8 Å². The van der Waals surface area contributed by atoms with Crippen molar-refractivity contribution in [2.45, 2.75) is 25.3 Å². The number of nitrogens with one attached hydrogen (secondary N) is 1. The van der Waals surface area contributed by atoms with Gasteiger partial charge in [-0.15, -0.1) is 0 Å². The number of amides is 2. The van der Waals surface area contributed by atoms with Gasteiger partial charge in [-0.25, -0.2) is 28.1 Å². The third kappa shape index (κ3) is 3.76. The molecule has 1 fully saturated rings. The van der Waals surface area contributed by atoms with Crippen LogP contribution >= 0.6 is 0 Å². The first-order valence-corrected chi connectivity index (χ1v) is 10.5. The molecule has 12 heteroatoms. The Balaban J connectivity index is 1.46. The molecular formula is C16H17N7O4S. The van der Waals surface area contributed by atoms with E-state index in [1.807, 2.05) is 0 Å². The Kier molecular flexibility index (Phi) is 4.63. The summed E-state index contributed by atoms with van der Waals surface area (Å²) in [5, 5.41) is 12.0. The fourth-order valence-corrected chi connectivity index (χ4v) is 4.81. The number of sulfone groups is 1. The minimum Gasteiger partial charge on any atom is -0.319 e. The molecule has 2 amide bonds. The number of hydrazone groups is 1. The van der Waals surface area contributed by atoms with Crippen molar-refractivity contribution in [3.05, 3.63) is 31.0 Å². The van der Waals surface area contributed by atoms with Crippen molar-refractivity contribution >= 4 is 33.1 Å². The van der Waals surface area contributed by atoms with Crippen LogP contribution in [-0.4, -0.2) is 68.2 Å². The van der Waals surface area contributed by atoms with E-state index < -0.39 is 21.8 Å². The van der Waals surface area contributed by atoms with Gasteiger partial charge >= 0.3 is 0 Å². The number of pyridine rings is 1. The monoisotopic (exact) mass is 403 g/mol. The number of nitrogens with zero attached hydrogens (tertiary/aromatic N) is 6. The van der Waals surface area contributed by atoms with E-state index >= 15 is 0 Å². The van der Waals surface area contributed by atoms with Crippen LogP contribution < -0.4 is 5.32 Å². The third-order valence-corrected chi connectivity index (χ3v) is 6.29. The molecule has 0 spiro atoms. The van der Waals surface area contributed by atoms with Crippen LogP contribution in [0.1, 0.15) is 19.3 Å². The van der Waals surface area contributed by atoms with Gasteiger partial charge in [0.1, 0.15) is 18.4 Å². The predicted octanol–water partition coefficient (Wildman–Crippen LogP) is -0.234. The second-order valence-electron chi connectivity index (χ2n) is 6.54. The second-order valence-corrected chi connectivity index (χ2v) is 8.77. The number of carbonyl (C=O) groups excluding carboxylic acids is 2. The van der Waals surface area contributed by atoms with Crippen LogP contribution in [0.3, 0.4) is 0 Å². The van der Waals surface area contributed by atoms with E-state index in [1.165, 1.54) is 23.5 Å². The molecule has 2 aromatic rings. The average molecular weight is 403 g/mol. The smallest absolute Gasteiger partial charge is 0.271 e. The van der Waals surface area contributed by atoms with Gasteiger partial charge in [-0.1, -0.05) is 0 Å². The lowest BCUT2D eigenvalue weighted by Crippen LogP contribution is -2.42. The van der Waals surface area contributed by atoms with Crippen LogP contribution in [-0.2, 0) is 19.4 Å². The Labute approximate surface area is 160 Å².